The van der Waals surface area contributed by atoms with Crippen molar-refractivity contribution in [2.75, 3.05) is 0 Å². The van der Waals surface area contributed by atoms with Gasteiger partial charge in [-0.3, -0.25) is 9.59 Å². The van der Waals surface area contributed by atoms with E-state index >= 15 is 0 Å². The summed E-state index contributed by atoms with van der Waals surface area (Å²) in [5.41, 5.74) is 5.26. The van der Waals surface area contributed by atoms with Crippen molar-refractivity contribution in [2.45, 2.75) is 71.0 Å². The van der Waals surface area contributed by atoms with Crippen molar-refractivity contribution in [1.29, 1.82) is 0 Å². The molecule has 1 saturated carbocycles. The number of nitrogens with zero attached hydrogens (tertiary/aromatic N) is 1. The fraction of sp³-hybridized carbons (Fsp3) is 0.355. The van der Waals surface area contributed by atoms with Gasteiger partial charge in [-0.25, -0.2) is 0 Å². The quantitative estimate of drug-likeness (QED) is 0.342. The molecule has 188 valence electrons. The summed E-state index contributed by atoms with van der Waals surface area (Å²) in [6.07, 6.45) is 5.04. The molecule has 1 N–H and O–H groups in total. The highest BCUT2D eigenvalue weighted by Gasteiger charge is 2.32. The summed E-state index contributed by atoms with van der Waals surface area (Å²) in [6.45, 7) is 4.45. The van der Waals surface area contributed by atoms with Gasteiger partial charge in [0, 0.05) is 23.5 Å². The molecule has 0 aromatic heterocycles. The van der Waals surface area contributed by atoms with Crippen LogP contribution in [-0.2, 0) is 29.0 Å². The number of nitrogens with one attached hydrogen (secondary N) is 1. The smallest absolute Gasteiger partial charge is 0.243 e. The van der Waals surface area contributed by atoms with Crippen molar-refractivity contribution >= 4 is 27.7 Å². The molecule has 1 fully saturated rings. The molecule has 0 aliphatic heterocycles. The lowest BCUT2D eigenvalue weighted by molar-refractivity contribution is -0.141. The number of amides is 2. The Morgan fingerprint density at radius 2 is 1.67 bits per heavy atom. The first kappa shape index (κ1) is 26.2. The number of aryl methyl sites for hydroxylation is 2. The molecule has 3 aromatic carbocycles. The normalized spacial score (nSPS) is 14.4. The Balaban J connectivity index is 1.68. The van der Waals surface area contributed by atoms with Crippen LogP contribution in [0.5, 0.6) is 0 Å². The van der Waals surface area contributed by atoms with Gasteiger partial charge in [0.2, 0.25) is 11.8 Å². The maximum Gasteiger partial charge on any atom is 0.243 e. The van der Waals surface area contributed by atoms with Crippen LogP contribution in [0.2, 0.25) is 0 Å². The first-order chi connectivity index (χ1) is 17.4. The summed E-state index contributed by atoms with van der Waals surface area (Å²) < 4.78 is 0.956. The Morgan fingerprint density at radius 3 is 2.39 bits per heavy atom. The van der Waals surface area contributed by atoms with Crippen molar-refractivity contribution in [3.05, 3.63) is 105 Å². The molecule has 36 heavy (non-hydrogen) atoms. The Labute approximate surface area is 223 Å². The molecule has 1 aliphatic rings. The fourth-order valence-electron chi connectivity index (χ4n) is 5.01. The van der Waals surface area contributed by atoms with E-state index in [1.54, 1.807) is 4.90 Å². The van der Waals surface area contributed by atoms with Crippen molar-refractivity contribution in [3.8, 4) is 0 Å². The lowest BCUT2D eigenvalue weighted by atomic mass is 9.99. The van der Waals surface area contributed by atoms with Crippen molar-refractivity contribution in [3.63, 3.8) is 0 Å². The molecule has 1 aliphatic carbocycles. The lowest BCUT2D eigenvalue weighted by Crippen LogP contribution is -2.52. The zero-order chi connectivity index (χ0) is 25.5. The highest BCUT2D eigenvalue weighted by atomic mass is 79.9. The van der Waals surface area contributed by atoms with Gasteiger partial charge >= 0.3 is 0 Å². The van der Waals surface area contributed by atoms with Gasteiger partial charge in [-0.15, -0.1) is 0 Å². The zero-order valence-corrected chi connectivity index (χ0v) is 22.8. The van der Waals surface area contributed by atoms with Crippen LogP contribution in [0.3, 0.4) is 0 Å². The second-order valence-corrected chi connectivity index (χ2v) is 10.9. The molecular formula is C31H35BrN2O2. The largest absolute Gasteiger partial charge is 0.352 e. The topological polar surface area (TPSA) is 49.4 Å². The van der Waals surface area contributed by atoms with Crippen LogP contribution in [0.15, 0.2) is 77.3 Å². The maximum atomic E-state index is 14.0. The second-order valence-electron chi connectivity index (χ2n) is 9.95. The van der Waals surface area contributed by atoms with E-state index in [1.807, 2.05) is 68.4 Å². The summed E-state index contributed by atoms with van der Waals surface area (Å²) in [7, 11) is 0. The van der Waals surface area contributed by atoms with Gasteiger partial charge in [0.1, 0.15) is 6.04 Å². The summed E-state index contributed by atoms with van der Waals surface area (Å²) >= 11 is 3.56. The maximum absolute atomic E-state index is 14.0. The summed E-state index contributed by atoms with van der Waals surface area (Å²) in [6, 6.07) is 23.8. The molecule has 4 nitrogen and oxygen atoms in total. The van der Waals surface area contributed by atoms with Gasteiger partial charge in [0.05, 0.1) is 6.42 Å². The van der Waals surface area contributed by atoms with Crippen LogP contribution in [0.1, 0.15) is 53.5 Å². The molecule has 0 bridgehead atoms. The van der Waals surface area contributed by atoms with Crippen LogP contribution in [0, 0.1) is 13.8 Å². The van der Waals surface area contributed by atoms with Gasteiger partial charge < -0.3 is 10.2 Å². The molecule has 0 saturated heterocycles. The van der Waals surface area contributed by atoms with Gasteiger partial charge in [0.25, 0.3) is 0 Å². The van der Waals surface area contributed by atoms with Crippen LogP contribution in [-0.4, -0.2) is 28.8 Å². The molecule has 5 heteroatoms. The van der Waals surface area contributed by atoms with Crippen molar-refractivity contribution in [2.24, 2.45) is 0 Å². The van der Waals surface area contributed by atoms with E-state index in [-0.39, 0.29) is 24.3 Å². The van der Waals surface area contributed by atoms with Gasteiger partial charge in [0.15, 0.2) is 0 Å². The van der Waals surface area contributed by atoms with Gasteiger partial charge in [-0.1, -0.05) is 95.0 Å². The zero-order valence-electron chi connectivity index (χ0n) is 21.2. The molecule has 1 unspecified atom stereocenters. The third-order valence-electron chi connectivity index (χ3n) is 7.06. The predicted octanol–water partition coefficient (Wildman–Crippen LogP) is 6.31. The molecule has 2 amide bonds. The fourth-order valence-corrected chi connectivity index (χ4v) is 5.46. The third kappa shape index (κ3) is 7.07. The highest BCUT2D eigenvalue weighted by molar-refractivity contribution is 9.10. The first-order valence-electron chi connectivity index (χ1n) is 12.8. The second kappa shape index (κ2) is 12.4. The van der Waals surface area contributed by atoms with E-state index in [9.17, 15) is 9.59 Å². The van der Waals surface area contributed by atoms with E-state index in [4.69, 9.17) is 0 Å². The van der Waals surface area contributed by atoms with Crippen molar-refractivity contribution in [1.82, 2.24) is 10.2 Å². The Kier molecular flexibility index (Phi) is 8.98. The monoisotopic (exact) mass is 546 g/mol. The number of benzene rings is 3. The summed E-state index contributed by atoms with van der Waals surface area (Å²) in [4.78, 5) is 29.5. The predicted molar refractivity (Wildman–Crippen MR) is 149 cm³/mol. The minimum Gasteiger partial charge on any atom is -0.352 e. The standard InChI is InChI=1S/C31H35BrN2O2/c1-22-15-16-23(2)26(17-22)20-30(35)34(21-25-11-8-12-27(32)18-25)29(19-24-9-4-3-5-10-24)31(36)33-28-13-6-7-14-28/h3-5,8-12,15-18,28-29H,6-7,13-14,19-21H2,1-2H3,(H,33,36). The lowest BCUT2D eigenvalue weighted by Gasteiger charge is -2.32. The highest BCUT2D eigenvalue weighted by Crippen LogP contribution is 2.22. The number of rotatable bonds is 9. The number of hydrogen-bond donors (Lipinski definition) is 1. The SMILES string of the molecule is Cc1ccc(C)c(CC(=O)N(Cc2cccc(Br)c2)C(Cc2ccccc2)C(=O)NC2CCCC2)c1. The minimum atomic E-state index is -0.593. The molecule has 0 radical (unpaired) electrons. The molecular weight excluding hydrogens is 512 g/mol. The molecule has 4 rings (SSSR count). The van der Waals surface area contributed by atoms with Crippen LogP contribution in [0.4, 0.5) is 0 Å². The molecule has 0 spiro atoms. The Morgan fingerprint density at radius 1 is 0.944 bits per heavy atom. The van der Waals surface area contributed by atoms with Crippen molar-refractivity contribution < 1.29 is 9.59 Å². The Bertz CT molecular complexity index is 1190. The van der Waals surface area contributed by atoms with E-state index in [0.29, 0.717) is 13.0 Å². The van der Waals surface area contributed by atoms with E-state index in [0.717, 1.165) is 58.0 Å². The molecule has 0 heterocycles. The van der Waals surface area contributed by atoms with E-state index in [2.05, 4.69) is 39.4 Å². The molecule has 1 atom stereocenters. The summed E-state index contributed by atoms with van der Waals surface area (Å²) in [5.74, 6) is -0.0961. The Hall–Kier alpha value is -2.92. The summed E-state index contributed by atoms with van der Waals surface area (Å²) in [5, 5.41) is 3.27. The van der Waals surface area contributed by atoms with Crippen LogP contribution in [0.25, 0.3) is 0 Å². The number of hydrogen-bond acceptors (Lipinski definition) is 2. The first-order valence-corrected chi connectivity index (χ1v) is 13.6. The van der Waals surface area contributed by atoms with Crippen LogP contribution >= 0.6 is 15.9 Å². The van der Waals surface area contributed by atoms with Gasteiger partial charge in [-0.2, -0.15) is 0 Å². The molecule has 3 aromatic rings. The van der Waals surface area contributed by atoms with E-state index in [1.165, 1.54) is 0 Å². The average molecular weight is 548 g/mol. The van der Waals surface area contributed by atoms with E-state index < -0.39 is 6.04 Å². The number of halogens is 1. The van der Waals surface area contributed by atoms with Gasteiger partial charge in [-0.05, 0) is 61.1 Å². The number of carbonyl (C=O) groups excluding carboxylic acids is 2. The third-order valence-corrected chi connectivity index (χ3v) is 7.55. The average Bonchev–Trinajstić information content (AvgIpc) is 3.37. The van der Waals surface area contributed by atoms with Crippen LogP contribution < -0.4 is 5.32 Å². The minimum absolute atomic E-state index is 0.0359. The number of carbonyl (C=O) groups is 2.